The molecule has 0 spiro atoms. The molecule has 16 heavy (non-hydrogen) atoms. The molecule has 3 N–H and O–H groups in total. The van der Waals surface area contributed by atoms with Gasteiger partial charge in [0.1, 0.15) is 5.60 Å². The van der Waals surface area contributed by atoms with E-state index >= 15 is 0 Å². The van der Waals surface area contributed by atoms with E-state index in [9.17, 15) is 9.59 Å². The van der Waals surface area contributed by atoms with E-state index in [0.717, 1.165) is 0 Å². The molecule has 1 amide bonds. The number of rotatable bonds is 5. The second kappa shape index (κ2) is 6.32. The Morgan fingerprint density at radius 1 is 1.38 bits per heavy atom. The Balaban J connectivity index is 3.71. The molecule has 1 atom stereocenters. The van der Waals surface area contributed by atoms with Crippen LogP contribution in [0.1, 0.15) is 40.5 Å². The third-order valence-electron chi connectivity index (χ3n) is 1.61. The van der Waals surface area contributed by atoms with Gasteiger partial charge in [-0.2, -0.15) is 0 Å². The van der Waals surface area contributed by atoms with E-state index in [4.69, 9.17) is 9.84 Å². The Morgan fingerprint density at radius 3 is 2.38 bits per heavy atom. The highest BCUT2D eigenvalue weighted by molar-refractivity contribution is 5.67. The summed E-state index contributed by atoms with van der Waals surface area (Å²) in [5.41, 5.74) is 4.49. The Labute approximate surface area is 95.3 Å². The smallest absolute Gasteiger partial charge is 0.422 e. The number of aliphatic carboxylic acids is 1. The van der Waals surface area contributed by atoms with Crippen molar-refractivity contribution in [3.05, 3.63) is 0 Å². The zero-order valence-corrected chi connectivity index (χ0v) is 10.2. The van der Waals surface area contributed by atoms with E-state index in [-0.39, 0.29) is 12.5 Å². The monoisotopic (exact) mass is 232 g/mol. The van der Waals surface area contributed by atoms with E-state index in [1.165, 1.54) is 0 Å². The third-order valence-corrected chi connectivity index (χ3v) is 1.61. The molecule has 0 saturated heterocycles. The van der Waals surface area contributed by atoms with Gasteiger partial charge in [0.25, 0.3) is 0 Å². The molecule has 6 nitrogen and oxygen atoms in total. The van der Waals surface area contributed by atoms with E-state index < -0.39 is 17.7 Å². The van der Waals surface area contributed by atoms with Crippen LogP contribution in [0.25, 0.3) is 0 Å². The van der Waals surface area contributed by atoms with Gasteiger partial charge in [0.05, 0.1) is 0 Å². The lowest BCUT2D eigenvalue weighted by molar-refractivity contribution is -0.137. The first-order chi connectivity index (χ1) is 7.20. The summed E-state index contributed by atoms with van der Waals surface area (Å²) >= 11 is 0. The number of carbonyl (C=O) groups is 2. The van der Waals surface area contributed by atoms with Gasteiger partial charge >= 0.3 is 12.1 Å². The third kappa shape index (κ3) is 9.26. The molecule has 0 bridgehead atoms. The van der Waals surface area contributed by atoms with Crippen molar-refractivity contribution in [2.45, 2.75) is 52.2 Å². The first-order valence-corrected chi connectivity index (χ1v) is 5.17. The summed E-state index contributed by atoms with van der Waals surface area (Å²) in [4.78, 5) is 21.5. The van der Waals surface area contributed by atoms with Crippen molar-refractivity contribution in [2.24, 2.45) is 0 Å². The predicted molar refractivity (Wildman–Crippen MR) is 58.8 cm³/mol. The molecule has 0 radical (unpaired) electrons. The van der Waals surface area contributed by atoms with E-state index in [1.54, 1.807) is 27.7 Å². The molecule has 0 saturated carbocycles. The maximum atomic E-state index is 11.2. The van der Waals surface area contributed by atoms with Crippen LogP contribution >= 0.6 is 0 Å². The summed E-state index contributed by atoms with van der Waals surface area (Å²) < 4.78 is 4.98. The molecule has 0 rings (SSSR count). The van der Waals surface area contributed by atoms with Crippen LogP contribution in [0.15, 0.2) is 0 Å². The Kier molecular flexibility index (Phi) is 5.81. The van der Waals surface area contributed by atoms with Crippen molar-refractivity contribution in [1.29, 1.82) is 0 Å². The maximum absolute atomic E-state index is 11.2. The number of carboxylic acids is 1. The van der Waals surface area contributed by atoms with Crippen molar-refractivity contribution in [1.82, 2.24) is 10.9 Å². The molecule has 0 fully saturated rings. The van der Waals surface area contributed by atoms with Crippen LogP contribution in [0.5, 0.6) is 0 Å². The minimum absolute atomic E-state index is 0.0597. The zero-order valence-electron chi connectivity index (χ0n) is 10.2. The highest BCUT2D eigenvalue weighted by atomic mass is 16.6. The fourth-order valence-electron chi connectivity index (χ4n) is 0.898. The Hall–Kier alpha value is -1.30. The largest absolute Gasteiger partial charge is 0.481 e. The Bertz CT molecular complexity index is 248. The highest BCUT2D eigenvalue weighted by Crippen LogP contribution is 2.06. The van der Waals surface area contributed by atoms with Crippen LogP contribution in [0.2, 0.25) is 0 Å². The number of nitrogens with one attached hydrogen (secondary N) is 2. The molecule has 6 heteroatoms. The standard InChI is InChI=1S/C10H20N2O4/c1-7(5-6-8(13)14)11-12-9(15)16-10(2,3)4/h7,11H,5-6H2,1-4H3,(H,12,15)(H,13,14). The summed E-state index contributed by atoms with van der Waals surface area (Å²) in [7, 11) is 0. The van der Waals surface area contributed by atoms with Gasteiger partial charge in [-0.1, -0.05) is 0 Å². The van der Waals surface area contributed by atoms with Crippen LogP contribution in [-0.2, 0) is 9.53 Å². The van der Waals surface area contributed by atoms with Crippen molar-refractivity contribution in [2.75, 3.05) is 0 Å². The number of carboxylic acid groups (broad SMARTS) is 1. The summed E-state index contributed by atoms with van der Waals surface area (Å²) in [5, 5.41) is 8.45. The molecule has 0 aliphatic heterocycles. The predicted octanol–water partition coefficient (Wildman–Crippen LogP) is 1.27. The summed E-state index contributed by atoms with van der Waals surface area (Å²) in [6, 6.07) is -0.122. The van der Waals surface area contributed by atoms with Gasteiger partial charge < -0.3 is 9.84 Å². The fraction of sp³-hybridized carbons (Fsp3) is 0.800. The first-order valence-electron chi connectivity index (χ1n) is 5.17. The molecule has 0 aromatic rings. The molecule has 0 aliphatic rings. The van der Waals surface area contributed by atoms with Gasteiger partial charge in [0.15, 0.2) is 0 Å². The summed E-state index contributed by atoms with van der Waals surface area (Å²) in [5.74, 6) is -0.856. The van der Waals surface area contributed by atoms with Gasteiger partial charge in [0, 0.05) is 12.5 Å². The van der Waals surface area contributed by atoms with E-state index in [0.29, 0.717) is 6.42 Å². The lowest BCUT2D eigenvalue weighted by Crippen LogP contribution is -2.45. The van der Waals surface area contributed by atoms with Crippen LogP contribution < -0.4 is 10.9 Å². The number of hydrogen-bond acceptors (Lipinski definition) is 4. The quantitative estimate of drug-likeness (QED) is 0.621. The van der Waals surface area contributed by atoms with Crippen molar-refractivity contribution < 1.29 is 19.4 Å². The van der Waals surface area contributed by atoms with Crippen LogP contribution in [0.3, 0.4) is 0 Å². The second-order valence-corrected chi connectivity index (χ2v) is 4.60. The highest BCUT2D eigenvalue weighted by Gasteiger charge is 2.16. The summed E-state index contributed by atoms with van der Waals surface area (Å²) in [6.07, 6.45) is -0.0790. The molecular formula is C10H20N2O4. The van der Waals surface area contributed by atoms with E-state index in [2.05, 4.69) is 10.9 Å². The lowest BCUT2D eigenvalue weighted by atomic mass is 10.2. The number of carbonyl (C=O) groups excluding carboxylic acids is 1. The maximum Gasteiger partial charge on any atom is 0.422 e. The molecule has 0 aliphatic carbocycles. The van der Waals surface area contributed by atoms with Gasteiger partial charge in [-0.05, 0) is 34.1 Å². The van der Waals surface area contributed by atoms with E-state index in [1.807, 2.05) is 0 Å². The molecule has 0 heterocycles. The zero-order chi connectivity index (χ0) is 12.8. The topological polar surface area (TPSA) is 87.7 Å². The van der Waals surface area contributed by atoms with Crippen LogP contribution in [0, 0.1) is 0 Å². The number of hydrogen-bond donors (Lipinski definition) is 3. The minimum Gasteiger partial charge on any atom is -0.481 e. The molecule has 0 aromatic heterocycles. The van der Waals surface area contributed by atoms with Crippen molar-refractivity contribution in [3.63, 3.8) is 0 Å². The van der Waals surface area contributed by atoms with Gasteiger partial charge in [-0.25, -0.2) is 10.2 Å². The lowest BCUT2D eigenvalue weighted by Gasteiger charge is -2.21. The molecular weight excluding hydrogens is 212 g/mol. The Morgan fingerprint density at radius 2 is 1.94 bits per heavy atom. The van der Waals surface area contributed by atoms with Gasteiger partial charge in [-0.3, -0.25) is 10.2 Å². The summed E-state index contributed by atoms with van der Waals surface area (Å²) in [6.45, 7) is 7.07. The molecule has 94 valence electrons. The van der Waals surface area contributed by atoms with Crippen molar-refractivity contribution in [3.8, 4) is 0 Å². The van der Waals surface area contributed by atoms with Crippen LogP contribution in [-0.4, -0.2) is 28.8 Å². The molecule has 0 aromatic carbocycles. The minimum atomic E-state index is -0.856. The number of hydrazine groups is 1. The first kappa shape index (κ1) is 14.7. The average molecular weight is 232 g/mol. The second-order valence-electron chi connectivity index (χ2n) is 4.60. The van der Waals surface area contributed by atoms with Crippen LogP contribution in [0.4, 0.5) is 4.79 Å². The SMILES string of the molecule is CC(CCC(=O)O)NNC(=O)OC(C)(C)C. The fourth-order valence-corrected chi connectivity index (χ4v) is 0.898. The van der Waals surface area contributed by atoms with Gasteiger partial charge in [0.2, 0.25) is 0 Å². The van der Waals surface area contributed by atoms with Crippen molar-refractivity contribution >= 4 is 12.1 Å². The normalized spacial score (nSPS) is 13.0. The van der Waals surface area contributed by atoms with Gasteiger partial charge in [-0.15, -0.1) is 0 Å². The average Bonchev–Trinajstić information content (AvgIpc) is 2.08. The number of amides is 1. The molecule has 1 unspecified atom stereocenters. The number of ether oxygens (including phenoxy) is 1.